The third-order valence-electron chi connectivity index (χ3n) is 2.71. The Labute approximate surface area is 99.2 Å². The topological polar surface area (TPSA) is 17.0 Å². The number of rotatable bonds is 4. The Morgan fingerprint density at radius 3 is 2.65 bits per heavy atom. The van der Waals surface area contributed by atoms with Crippen molar-refractivity contribution in [2.24, 2.45) is 0 Å². The van der Waals surface area contributed by atoms with Gasteiger partial charge in [0.1, 0.15) is 0 Å². The van der Waals surface area contributed by atoms with Gasteiger partial charge in [-0.2, -0.15) is 8.78 Å². The number of aromatic nitrogens is 1. The van der Waals surface area contributed by atoms with E-state index in [1.54, 1.807) is 12.1 Å². The summed E-state index contributed by atoms with van der Waals surface area (Å²) >= 11 is 0. The van der Waals surface area contributed by atoms with E-state index in [-0.39, 0.29) is 0 Å². The molecule has 0 bridgehead atoms. The molecule has 2 rings (SSSR count). The molecular formula is C13H16F2N2. The van der Waals surface area contributed by atoms with Crippen molar-refractivity contribution < 1.29 is 8.78 Å². The minimum absolute atomic E-state index is 0.413. The lowest BCUT2D eigenvalue weighted by Crippen LogP contribution is -2.21. The number of nitrogens with one attached hydrogen (secondary N) is 1. The van der Waals surface area contributed by atoms with E-state index < -0.39 is 6.55 Å². The number of hydrogen-bond acceptors (Lipinski definition) is 1. The maximum atomic E-state index is 12.6. The molecule has 92 valence electrons. The second-order valence-electron chi connectivity index (χ2n) is 4.43. The third-order valence-corrected chi connectivity index (χ3v) is 2.71. The largest absolute Gasteiger partial charge is 0.319 e. The summed E-state index contributed by atoms with van der Waals surface area (Å²) in [5.74, 6) is 0. The molecule has 0 spiro atoms. The first-order valence-corrected chi connectivity index (χ1v) is 5.69. The standard InChI is InChI=1S/C13H16F2N2/c1-9(2)16-8-10-3-4-12-11(7-10)5-6-17(12)13(14)15/h3-7,9,13,16H,8H2,1-2H3. The highest BCUT2D eigenvalue weighted by Crippen LogP contribution is 2.22. The van der Waals surface area contributed by atoms with Gasteiger partial charge in [-0.1, -0.05) is 19.9 Å². The lowest BCUT2D eigenvalue weighted by Gasteiger charge is -2.08. The van der Waals surface area contributed by atoms with Crippen molar-refractivity contribution in [2.45, 2.75) is 33.0 Å². The van der Waals surface area contributed by atoms with Crippen LogP contribution in [-0.2, 0) is 6.54 Å². The molecule has 0 saturated heterocycles. The lowest BCUT2D eigenvalue weighted by molar-refractivity contribution is 0.0752. The van der Waals surface area contributed by atoms with Gasteiger partial charge in [0, 0.05) is 24.2 Å². The van der Waals surface area contributed by atoms with Crippen molar-refractivity contribution in [1.29, 1.82) is 0 Å². The van der Waals surface area contributed by atoms with Crippen LogP contribution >= 0.6 is 0 Å². The summed E-state index contributed by atoms with van der Waals surface area (Å²) in [5.41, 5.74) is 1.69. The summed E-state index contributed by atoms with van der Waals surface area (Å²) < 4.78 is 26.3. The van der Waals surface area contributed by atoms with Crippen molar-refractivity contribution in [2.75, 3.05) is 0 Å². The molecule has 0 fully saturated rings. The quantitative estimate of drug-likeness (QED) is 0.862. The summed E-state index contributed by atoms with van der Waals surface area (Å²) in [5, 5.41) is 4.16. The molecular weight excluding hydrogens is 222 g/mol. The fourth-order valence-corrected chi connectivity index (χ4v) is 1.82. The Kier molecular flexibility index (Phi) is 3.43. The van der Waals surface area contributed by atoms with Gasteiger partial charge in [-0.3, -0.25) is 4.57 Å². The van der Waals surface area contributed by atoms with Gasteiger partial charge >= 0.3 is 6.55 Å². The molecule has 0 aliphatic heterocycles. The minimum Gasteiger partial charge on any atom is -0.310 e. The van der Waals surface area contributed by atoms with Gasteiger partial charge < -0.3 is 5.32 Å². The van der Waals surface area contributed by atoms with Crippen LogP contribution in [0.1, 0.15) is 26.0 Å². The van der Waals surface area contributed by atoms with Gasteiger partial charge in [-0.05, 0) is 23.8 Å². The molecule has 0 aliphatic carbocycles. The number of alkyl halides is 2. The van der Waals surface area contributed by atoms with Crippen LogP contribution in [0.15, 0.2) is 30.5 Å². The van der Waals surface area contributed by atoms with Crippen molar-refractivity contribution in [3.05, 3.63) is 36.0 Å². The molecule has 2 nitrogen and oxygen atoms in total. The Morgan fingerprint density at radius 1 is 1.24 bits per heavy atom. The molecule has 1 aromatic carbocycles. The van der Waals surface area contributed by atoms with Crippen LogP contribution < -0.4 is 5.32 Å². The molecule has 4 heteroatoms. The van der Waals surface area contributed by atoms with E-state index >= 15 is 0 Å². The van der Waals surface area contributed by atoms with E-state index in [0.29, 0.717) is 11.6 Å². The molecule has 0 atom stereocenters. The molecule has 0 radical (unpaired) electrons. The zero-order chi connectivity index (χ0) is 12.4. The fourth-order valence-electron chi connectivity index (χ4n) is 1.82. The third kappa shape index (κ3) is 2.64. The number of nitrogens with zero attached hydrogens (tertiary/aromatic N) is 1. The van der Waals surface area contributed by atoms with Crippen LogP contribution in [0.3, 0.4) is 0 Å². The zero-order valence-corrected chi connectivity index (χ0v) is 9.95. The molecule has 1 N–H and O–H groups in total. The van der Waals surface area contributed by atoms with Gasteiger partial charge in [0.2, 0.25) is 0 Å². The second kappa shape index (κ2) is 4.84. The van der Waals surface area contributed by atoms with Crippen molar-refractivity contribution in [1.82, 2.24) is 9.88 Å². The first-order chi connectivity index (χ1) is 8.08. The van der Waals surface area contributed by atoms with Gasteiger partial charge in [0.25, 0.3) is 0 Å². The van der Waals surface area contributed by atoms with E-state index in [2.05, 4.69) is 19.2 Å². The van der Waals surface area contributed by atoms with Gasteiger partial charge in [-0.25, -0.2) is 0 Å². The second-order valence-corrected chi connectivity index (χ2v) is 4.43. The average molecular weight is 238 g/mol. The summed E-state index contributed by atoms with van der Waals surface area (Å²) in [6.45, 7) is 2.43. The summed E-state index contributed by atoms with van der Waals surface area (Å²) in [4.78, 5) is 0. The maximum absolute atomic E-state index is 12.6. The highest BCUT2D eigenvalue weighted by atomic mass is 19.3. The number of fused-ring (bicyclic) bond motifs is 1. The first-order valence-electron chi connectivity index (χ1n) is 5.69. The van der Waals surface area contributed by atoms with Crippen LogP contribution in [0.25, 0.3) is 10.9 Å². The van der Waals surface area contributed by atoms with Crippen LogP contribution in [0.4, 0.5) is 8.78 Å². The minimum atomic E-state index is -2.48. The SMILES string of the molecule is CC(C)NCc1ccc2c(ccn2C(F)F)c1. The molecule has 0 saturated carbocycles. The lowest BCUT2D eigenvalue weighted by atomic mass is 10.1. The van der Waals surface area contributed by atoms with Crippen LogP contribution in [0.2, 0.25) is 0 Å². The van der Waals surface area contributed by atoms with Crippen molar-refractivity contribution >= 4 is 10.9 Å². The highest BCUT2D eigenvalue weighted by molar-refractivity contribution is 5.80. The normalized spacial score (nSPS) is 11.9. The van der Waals surface area contributed by atoms with E-state index in [0.717, 1.165) is 22.1 Å². The van der Waals surface area contributed by atoms with Crippen LogP contribution in [-0.4, -0.2) is 10.6 Å². The van der Waals surface area contributed by atoms with Crippen molar-refractivity contribution in [3.63, 3.8) is 0 Å². The predicted molar refractivity (Wildman–Crippen MR) is 65.2 cm³/mol. The Bertz CT molecular complexity index is 503. The summed E-state index contributed by atoms with van der Waals surface area (Å²) in [7, 11) is 0. The zero-order valence-electron chi connectivity index (χ0n) is 9.95. The van der Waals surface area contributed by atoms with Gasteiger partial charge in [-0.15, -0.1) is 0 Å². The number of benzene rings is 1. The predicted octanol–water partition coefficient (Wildman–Crippen LogP) is 3.53. The molecule has 17 heavy (non-hydrogen) atoms. The summed E-state index contributed by atoms with van der Waals surface area (Å²) in [6.07, 6.45) is 1.43. The number of halogens is 2. The number of hydrogen-bond donors (Lipinski definition) is 1. The molecule has 0 amide bonds. The van der Waals surface area contributed by atoms with Crippen LogP contribution in [0, 0.1) is 0 Å². The Morgan fingerprint density at radius 2 is 2.00 bits per heavy atom. The summed E-state index contributed by atoms with van der Waals surface area (Å²) in [6, 6.07) is 7.72. The fraction of sp³-hybridized carbons (Fsp3) is 0.385. The molecule has 0 aliphatic rings. The molecule has 2 aromatic rings. The van der Waals surface area contributed by atoms with E-state index in [4.69, 9.17) is 0 Å². The monoisotopic (exact) mass is 238 g/mol. The van der Waals surface area contributed by atoms with Gasteiger partial charge in [0.05, 0.1) is 5.52 Å². The Balaban J connectivity index is 2.26. The van der Waals surface area contributed by atoms with E-state index in [1.165, 1.54) is 6.20 Å². The average Bonchev–Trinajstić information content (AvgIpc) is 2.69. The Hall–Kier alpha value is -1.42. The van der Waals surface area contributed by atoms with E-state index in [1.807, 2.05) is 12.1 Å². The molecule has 1 heterocycles. The maximum Gasteiger partial charge on any atom is 0.319 e. The highest BCUT2D eigenvalue weighted by Gasteiger charge is 2.09. The van der Waals surface area contributed by atoms with E-state index in [9.17, 15) is 8.78 Å². The van der Waals surface area contributed by atoms with Crippen LogP contribution in [0.5, 0.6) is 0 Å². The molecule has 1 aromatic heterocycles. The van der Waals surface area contributed by atoms with Crippen molar-refractivity contribution in [3.8, 4) is 0 Å². The van der Waals surface area contributed by atoms with Gasteiger partial charge in [0.15, 0.2) is 0 Å². The smallest absolute Gasteiger partial charge is 0.310 e. The molecule has 0 unspecified atom stereocenters. The first kappa shape index (κ1) is 12.0.